The summed E-state index contributed by atoms with van der Waals surface area (Å²) >= 11 is 2.35. The van der Waals surface area contributed by atoms with Gasteiger partial charge in [0.25, 0.3) is 0 Å². The van der Waals surface area contributed by atoms with Crippen molar-refractivity contribution in [3.05, 3.63) is 84.9 Å². The van der Waals surface area contributed by atoms with Crippen molar-refractivity contribution in [3.63, 3.8) is 0 Å². The van der Waals surface area contributed by atoms with Gasteiger partial charge in [0.15, 0.2) is 0 Å². The molecule has 0 saturated carbocycles. The van der Waals surface area contributed by atoms with E-state index in [0.29, 0.717) is 0 Å². The van der Waals surface area contributed by atoms with Gasteiger partial charge in [-0.1, -0.05) is 0 Å². The number of alkyl halides is 1. The summed E-state index contributed by atoms with van der Waals surface area (Å²) in [5.41, 5.74) is 0. The molecule has 0 unspecified atom stereocenters. The second-order valence-corrected chi connectivity index (χ2v) is 12.3. The fourth-order valence-corrected chi connectivity index (χ4v) is 9.14. The van der Waals surface area contributed by atoms with Gasteiger partial charge in [-0.05, 0) is 0 Å². The third kappa shape index (κ3) is 4.96. The Balaban J connectivity index is 2.11. The molecule has 0 aromatic heterocycles. The molecule has 0 spiro atoms. The Morgan fingerprint density at radius 2 is 1.25 bits per heavy atom. The van der Waals surface area contributed by atoms with Crippen LogP contribution in [0.4, 0.5) is 0 Å². The molecule has 0 atom stereocenters. The molecule has 3 rings (SSSR count). The van der Waals surface area contributed by atoms with E-state index in [4.69, 9.17) is 4.74 Å². The van der Waals surface area contributed by atoms with E-state index in [1.54, 1.807) is 0 Å². The molecule has 0 aliphatic heterocycles. The van der Waals surface area contributed by atoms with Gasteiger partial charge in [0.05, 0.1) is 0 Å². The molecule has 0 N–H and O–H groups in total. The quantitative estimate of drug-likeness (QED) is 0.149. The van der Waals surface area contributed by atoms with Crippen molar-refractivity contribution in [1.29, 1.82) is 0 Å². The number of unbranched alkanes of at least 4 members (excludes halogenated alkanes) is 2. The Hall–Kier alpha value is -1.38. The molecule has 0 fully saturated rings. The molecule has 0 aliphatic carbocycles. The average Bonchev–Trinajstić information content (AvgIpc) is 2.77. The summed E-state index contributed by atoms with van der Waals surface area (Å²) in [6.07, 6.45) is 5.03. The molecule has 0 bridgehead atoms. The first-order valence-electron chi connectivity index (χ1n) is 10.2. The van der Waals surface area contributed by atoms with Crippen LogP contribution in [0, 0.1) is 0 Å². The van der Waals surface area contributed by atoms with Crippen LogP contribution in [-0.2, 0) is 0 Å². The second kappa shape index (κ2) is 11.0. The van der Waals surface area contributed by atoms with Crippen LogP contribution in [-0.4, -0.2) is 17.2 Å². The maximum atomic E-state index is 5.84. The molecular formula is C25H30IOP. The molecule has 28 heavy (non-hydrogen) atoms. The predicted octanol–water partition coefficient (Wildman–Crippen LogP) is 5.72. The molecule has 0 amide bonds. The minimum atomic E-state index is -2.07. The molecule has 3 heteroatoms. The molecule has 0 aliphatic rings. The first kappa shape index (κ1) is 21.3. The van der Waals surface area contributed by atoms with E-state index in [2.05, 4.69) is 114 Å². The Morgan fingerprint density at radius 3 is 1.75 bits per heavy atom. The summed E-state index contributed by atoms with van der Waals surface area (Å²) < 4.78 is 6.84. The molecule has 0 saturated heterocycles. The minimum absolute atomic E-state index is 0.760. The topological polar surface area (TPSA) is 9.23 Å². The number of hydrogen-bond acceptors (Lipinski definition) is 1. The average molecular weight is 504 g/mol. The summed E-state index contributed by atoms with van der Waals surface area (Å²) in [7, 11) is -2.07. The zero-order valence-electron chi connectivity index (χ0n) is 16.6. The van der Waals surface area contributed by atoms with Gasteiger partial charge in [-0.3, -0.25) is 0 Å². The number of halogens is 1. The normalized spacial score (nSPS) is 11.9. The fourth-order valence-electron chi connectivity index (χ4n) is 4.01. The fraction of sp³-hybridized carbons (Fsp3) is 0.280. The molecule has 3 aromatic rings. The van der Waals surface area contributed by atoms with Crippen molar-refractivity contribution in [1.82, 2.24) is 0 Å². The van der Waals surface area contributed by atoms with Gasteiger partial charge in [-0.25, -0.2) is 0 Å². The SMILES string of the molecule is CCCCC[PH](c1ccccc1)(c1ccccc1)c1ccc(OCCI)cc1. The van der Waals surface area contributed by atoms with Crippen molar-refractivity contribution >= 4 is 45.8 Å². The summed E-state index contributed by atoms with van der Waals surface area (Å²) in [4.78, 5) is 0. The zero-order chi connectivity index (χ0) is 19.7. The molecule has 1 nitrogen and oxygen atoms in total. The van der Waals surface area contributed by atoms with Crippen LogP contribution < -0.4 is 20.7 Å². The van der Waals surface area contributed by atoms with Crippen molar-refractivity contribution in [3.8, 4) is 5.75 Å². The van der Waals surface area contributed by atoms with Gasteiger partial charge < -0.3 is 0 Å². The molecule has 3 aromatic carbocycles. The monoisotopic (exact) mass is 504 g/mol. The molecule has 0 heterocycles. The van der Waals surface area contributed by atoms with Crippen LogP contribution in [0.15, 0.2) is 84.9 Å². The van der Waals surface area contributed by atoms with E-state index < -0.39 is 7.26 Å². The van der Waals surface area contributed by atoms with Crippen LogP contribution in [0.5, 0.6) is 5.75 Å². The van der Waals surface area contributed by atoms with Crippen LogP contribution in [0.1, 0.15) is 26.2 Å². The number of ether oxygens (including phenoxy) is 1. The molecular weight excluding hydrogens is 474 g/mol. The summed E-state index contributed by atoms with van der Waals surface area (Å²) in [5.74, 6) is 0.970. The standard InChI is InChI=1S/C25H30IOP/c1-2-3-10-21-28(23-11-6-4-7-12-23,24-13-8-5-9-14-24)25-17-15-22(16-18-25)27-20-19-26/h4-9,11-18,28H,2-3,10,19-21H2,1H3. The first-order chi connectivity index (χ1) is 13.8. The third-order valence-electron chi connectivity index (χ3n) is 5.38. The molecule has 148 valence electrons. The van der Waals surface area contributed by atoms with Gasteiger partial charge in [-0.2, -0.15) is 0 Å². The van der Waals surface area contributed by atoms with Gasteiger partial charge in [-0.15, -0.1) is 0 Å². The molecule has 0 radical (unpaired) electrons. The van der Waals surface area contributed by atoms with Gasteiger partial charge in [0.1, 0.15) is 0 Å². The van der Waals surface area contributed by atoms with Gasteiger partial charge in [0.2, 0.25) is 0 Å². The summed E-state index contributed by atoms with van der Waals surface area (Å²) in [5, 5.41) is 4.47. The van der Waals surface area contributed by atoms with Crippen molar-refractivity contribution in [2.45, 2.75) is 26.2 Å². The van der Waals surface area contributed by atoms with Crippen molar-refractivity contribution in [2.75, 3.05) is 17.2 Å². The third-order valence-corrected chi connectivity index (χ3v) is 10.9. The van der Waals surface area contributed by atoms with Gasteiger partial charge >= 0.3 is 185 Å². The van der Waals surface area contributed by atoms with E-state index in [9.17, 15) is 0 Å². The van der Waals surface area contributed by atoms with Crippen molar-refractivity contribution < 1.29 is 4.74 Å². The zero-order valence-corrected chi connectivity index (χ0v) is 19.8. The van der Waals surface area contributed by atoms with Crippen LogP contribution in [0.25, 0.3) is 0 Å². The Labute approximate surface area is 184 Å². The van der Waals surface area contributed by atoms with E-state index >= 15 is 0 Å². The number of hydrogen-bond donors (Lipinski definition) is 0. The van der Waals surface area contributed by atoms with E-state index in [1.165, 1.54) is 41.3 Å². The van der Waals surface area contributed by atoms with Gasteiger partial charge in [0, 0.05) is 0 Å². The Kier molecular flexibility index (Phi) is 8.36. The number of benzene rings is 3. The Morgan fingerprint density at radius 1 is 0.714 bits per heavy atom. The van der Waals surface area contributed by atoms with E-state index in [1.807, 2.05) is 0 Å². The van der Waals surface area contributed by atoms with Crippen LogP contribution >= 0.6 is 29.9 Å². The van der Waals surface area contributed by atoms with E-state index in [-0.39, 0.29) is 0 Å². The van der Waals surface area contributed by atoms with E-state index in [0.717, 1.165) is 16.8 Å². The van der Waals surface area contributed by atoms with Crippen molar-refractivity contribution in [2.24, 2.45) is 0 Å². The Bertz CT molecular complexity index is 779. The second-order valence-electron chi connectivity index (χ2n) is 7.16. The number of rotatable bonds is 10. The predicted molar refractivity (Wildman–Crippen MR) is 135 cm³/mol. The summed E-state index contributed by atoms with van der Waals surface area (Å²) in [6, 6.07) is 31.3. The van der Waals surface area contributed by atoms with Crippen LogP contribution in [0.2, 0.25) is 0 Å². The first-order valence-corrected chi connectivity index (χ1v) is 13.9. The maximum absolute atomic E-state index is 5.84. The summed E-state index contributed by atoms with van der Waals surface area (Å²) in [6.45, 7) is 3.05. The van der Waals surface area contributed by atoms with Crippen LogP contribution in [0.3, 0.4) is 0 Å².